The molecule has 0 aliphatic carbocycles. The molecule has 1 nitrogen and oxygen atoms in total. The Balaban J connectivity index is 2.29. The molecule has 0 unspecified atom stereocenters. The Labute approximate surface area is 112 Å². The fourth-order valence-corrected chi connectivity index (χ4v) is 2.04. The van der Waals surface area contributed by atoms with Crippen LogP contribution in [-0.2, 0) is 0 Å². The Morgan fingerprint density at radius 1 is 0.824 bits per heavy atom. The van der Waals surface area contributed by atoms with Crippen molar-refractivity contribution < 1.29 is 0 Å². The zero-order chi connectivity index (χ0) is 12.3. The topological polar surface area (TPSA) is 26.0 Å². The maximum absolute atomic E-state index is 5.67. The lowest BCUT2D eigenvalue weighted by Crippen LogP contribution is -1.85. The van der Waals surface area contributed by atoms with Crippen molar-refractivity contribution in [3.05, 3.63) is 53.6 Å². The molecule has 0 radical (unpaired) electrons. The normalized spacial score (nSPS) is 10.9. The summed E-state index contributed by atoms with van der Waals surface area (Å²) in [4.78, 5) is 1.83. The van der Waals surface area contributed by atoms with Crippen molar-refractivity contribution in [3.63, 3.8) is 0 Å². The Morgan fingerprint density at radius 3 is 2.12 bits per heavy atom. The molecule has 2 N–H and O–H groups in total. The van der Waals surface area contributed by atoms with Crippen molar-refractivity contribution in [1.82, 2.24) is 0 Å². The minimum absolute atomic E-state index is 0.724. The Bertz CT molecular complexity index is 562. The molecule has 0 aliphatic rings. The molecule has 0 amide bonds. The van der Waals surface area contributed by atoms with Gasteiger partial charge in [0.25, 0.3) is 0 Å². The molecule has 0 fully saturated rings. The van der Waals surface area contributed by atoms with Crippen LogP contribution in [0.4, 0.5) is 5.69 Å². The van der Waals surface area contributed by atoms with Crippen molar-refractivity contribution >= 4 is 43.1 Å². The number of nitrogens with two attached hydrogens (primary N) is 1. The van der Waals surface area contributed by atoms with Crippen LogP contribution in [0.25, 0.3) is 12.2 Å². The molecular formula is C14H13NS2. The van der Waals surface area contributed by atoms with Crippen molar-refractivity contribution in [1.29, 1.82) is 0 Å². The van der Waals surface area contributed by atoms with E-state index in [0.717, 1.165) is 26.6 Å². The molecule has 0 saturated heterocycles. The summed E-state index contributed by atoms with van der Waals surface area (Å²) in [7, 11) is 0. The fraction of sp³-hybridized carbons (Fsp3) is 0. The summed E-state index contributed by atoms with van der Waals surface area (Å²) >= 11 is 8.79. The van der Waals surface area contributed by atoms with E-state index in [1.54, 1.807) is 0 Å². The summed E-state index contributed by atoms with van der Waals surface area (Å²) in [5.74, 6) is 0. The SMILES string of the molecule is Nc1ccc(C=Cc2ccccc2S)c(S)c1. The summed E-state index contributed by atoms with van der Waals surface area (Å²) < 4.78 is 0. The van der Waals surface area contributed by atoms with Crippen molar-refractivity contribution in [2.24, 2.45) is 0 Å². The molecule has 0 atom stereocenters. The van der Waals surface area contributed by atoms with E-state index in [9.17, 15) is 0 Å². The molecule has 2 aromatic carbocycles. The van der Waals surface area contributed by atoms with Gasteiger partial charge in [0.15, 0.2) is 0 Å². The van der Waals surface area contributed by atoms with Crippen LogP contribution in [0, 0.1) is 0 Å². The van der Waals surface area contributed by atoms with Gasteiger partial charge in [-0.3, -0.25) is 0 Å². The number of hydrogen-bond donors (Lipinski definition) is 3. The van der Waals surface area contributed by atoms with E-state index in [1.165, 1.54) is 0 Å². The van der Waals surface area contributed by atoms with E-state index >= 15 is 0 Å². The van der Waals surface area contributed by atoms with Gasteiger partial charge in [-0.05, 0) is 29.3 Å². The summed E-state index contributed by atoms with van der Waals surface area (Å²) in [5, 5.41) is 0. The third-order valence-electron chi connectivity index (χ3n) is 2.43. The van der Waals surface area contributed by atoms with Crippen LogP contribution in [0.2, 0.25) is 0 Å². The Kier molecular flexibility index (Phi) is 3.82. The van der Waals surface area contributed by atoms with Gasteiger partial charge in [-0.25, -0.2) is 0 Å². The smallest absolute Gasteiger partial charge is 0.0325 e. The zero-order valence-electron chi connectivity index (χ0n) is 9.17. The molecule has 0 saturated carbocycles. The Morgan fingerprint density at radius 2 is 1.47 bits per heavy atom. The number of thiol groups is 2. The highest BCUT2D eigenvalue weighted by Gasteiger charge is 1.96. The van der Waals surface area contributed by atoms with Crippen LogP contribution in [0.5, 0.6) is 0 Å². The summed E-state index contributed by atoms with van der Waals surface area (Å²) in [5.41, 5.74) is 8.52. The zero-order valence-corrected chi connectivity index (χ0v) is 11.0. The van der Waals surface area contributed by atoms with E-state index < -0.39 is 0 Å². The van der Waals surface area contributed by atoms with Gasteiger partial charge in [-0.15, -0.1) is 25.3 Å². The van der Waals surface area contributed by atoms with Crippen LogP contribution in [0.3, 0.4) is 0 Å². The van der Waals surface area contributed by atoms with Crippen LogP contribution < -0.4 is 5.73 Å². The predicted molar refractivity (Wildman–Crippen MR) is 80.7 cm³/mol. The first-order valence-corrected chi connectivity index (χ1v) is 6.11. The van der Waals surface area contributed by atoms with Gasteiger partial charge in [0.2, 0.25) is 0 Å². The standard InChI is InChI=1S/C14H13NS2/c15-12-8-7-11(14(17)9-12)6-5-10-3-1-2-4-13(10)16/h1-9,16-17H,15H2. The summed E-state index contributed by atoms with van der Waals surface area (Å²) in [6.07, 6.45) is 4.03. The summed E-state index contributed by atoms with van der Waals surface area (Å²) in [6.45, 7) is 0. The monoisotopic (exact) mass is 259 g/mol. The van der Waals surface area contributed by atoms with Gasteiger partial charge in [0, 0.05) is 15.5 Å². The molecule has 0 heterocycles. The van der Waals surface area contributed by atoms with Gasteiger partial charge in [-0.1, -0.05) is 36.4 Å². The molecule has 2 aromatic rings. The number of nitrogen functional groups attached to an aromatic ring is 1. The van der Waals surface area contributed by atoms with E-state index in [2.05, 4.69) is 25.3 Å². The highest BCUT2D eigenvalue weighted by atomic mass is 32.1. The third-order valence-corrected chi connectivity index (χ3v) is 3.23. The van der Waals surface area contributed by atoms with Crippen LogP contribution >= 0.6 is 25.3 Å². The molecule has 86 valence electrons. The average molecular weight is 259 g/mol. The molecule has 2 rings (SSSR count). The first kappa shape index (κ1) is 12.1. The van der Waals surface area contributed by atoms with Gasteiger partial charge in [-0.2, -0.15) is 0 Å². The van der Waals surface area contributed by atoms with E-state index in [0.29, 0.717) is 0 Å². The van der Waals surface area contributed by atoms with E-state index in [1.807, 2.05) is 54.6 Å². The lowest BCUT2D eigenvalue weighted by Gasteiger charge is -2.02. The highest BCUT2D eigenvalue weighted by molar-refractivity contribution is 7.80. The van der Waals surface area contributed by atoms with Crippen molar-refractivity contribution in [3.8, 4) is 0 Å². The maximum atomic E-state index is 5.67. The second kappa shape index (κ2) is 5.34. The number of rotatable bonds is 2. The average Bonchev–Trinajstić information content (AvgIpc) is 2.30. The Hall–Kier alpha value is -1.32. The van der Waals surface area contributed by atoms with E-state index in [4.69, 9.17) is 5.73 Å². The van der Waals surface area contributed by atoms with Crippen molar-refractivity contribution in [2.75, 3.05) is 5.73 Å². The first-order chi connectivity index (χ1) is 8.16. The number of benzene rings is 2. The lowest BCUT2D eigenvalue weighted by atomic mass is 10.1. The van der Waals surface area contributed by atoms with Crippen molar-refractivity contribution in [2.45, 2.75) is 9.79 Å². The van der Waals surface area contributed by atoms with Crippen LogP contribution in [0.1, 0.15) is 11.1 Å². The lowest BCUT2D eigenvalue weighted by molar-refractivity contribution is 1.42. The fourth-order valence-electron chi connectivity index (χ4n) is 1.51. The third kappa shape index (κ3) is 3.08. The highest BCUT2D eigenvalue weighted by Crippen LogP contribution is 2.21. The molecule has 0 spiro atoms. The molecule has 17 heavy (non-hydrogen) atoms. The van der Waals surface area contributed by atoms with Gasteiger partial charge in [0.05, 0.1) is 0 Å². The maximum Gasteiger partial charge on any atom is 0.0325 e. The largest absolute Gasteiger partial charge is 0.399 e. The van der Waals surface area contributed by atoms with Gasteiger partial charge >= 0.3 is 0 Å². The molecular weight excluding hydrogens is 246 g/mol. The summed E-state index contributed by atoms with van der Waals surface area (Å²) in [6, 6.07) is 13.6. The van der Waals surface area contributed by atoms with E-state index in [-0.39, 0.29) is 0 Å². The number of hydrogen-bond acceptors (Lipinski definition) is 3. The van der Waals surface area contributed by atoms with Gasteiger partial charge < -0.3 is 5.73 Å². The molecule has 0 bridgehead atoms. The molecule has 0 aromatic heterocycles. The van der Waals surface area contributed by atoms with Crippen LogP contribution in [0.15, 0.2) is 52.3 Å². The predicted octanol–water partition coefficient (Wildman–Crippen LogP) is 4.02. The number of anilines is 1. The molecule has 0 aliphatic heterocycles. The first-order valence-electron chi connectivity index (χ1n) is 5.21. The second-order valence-electron chi connectivity index (χ2n) is 3.71. The minimum atomic E-state index is 0.724. The molecule has 3 heteroatoms. The van der Waals surface area contributed by atoms with Crippen LogP contribution in [-0.4, -0.2) is 0 Å². The minimum Gasteiger partial charge on any atom is -0.399 e. The quantitative estimate of drug-likeness (QED) is 0.424. The second-order valence-corrected chi connectivity index (χ2v) is 4.67. The van der Waals surface area contributed by atoms with Gasteiger partial charge in [0.1, 0.15) is 0 Å².